The SMILES string of the molecule is NC(=O)n1cc(NC(=O)C2C[C@H](F)C[C@H]2c2ncc(-c3cccc(Cl)c3)[nH]2)c2ccccc21. The highest BCUT2D eigenvalue weighted by Gasteiger charge is 2.41. The number of rotatable bonds is 4. The van der Waals surface area contributed by atoms with Gasteiger partial charge >= 0.3 is 6.03 Å². The maximum absolute atomic E-state index is 14.4. The van der Waals surface area contributed by atoms with E-state index in [4.69, 9.17) is 17.3 Å². The fourth-order valence-electron chi connectivity index (χ4n) is 4.58. The number of aromatic amines is 1. The number of para-hydroxylation sites is 1. The summed E-state index contributed by atoms with van der Waals surface area (Å²) < 4.78 is 15.7. The van der Waals surface area contributed by atoms with Gasteiger partial charge in [0.25, 0.3) is 0 Å². The number of anilines is 1. The van der Waals surface area contributed by atoms with Crippen molar-refractivity contribution < 1.29 is 14.0 Å². The molecule has 2 aromatic carbocycles. The van der Waals surface area contributed by atoms with E-state index in [1.807, 2.05) is 18.2 Å². The lowest BCUT2D eigenvalue weighted by atomic mass is 9.94. The van der Waals surface area contributed by atoms with Crippen LogP contribution in [0.5, 0.6) is 0 Å². The highest BCUT2D eigenvalue weighted by Crippen LogP contribution is 2.41. The Morgan fingerprint density at radius 3 is 2.79 bits per heavy atom. The molecule has 0 spiro atoms. The van der Waals surface area contributed by atoms with Gasteiger partial charge < -0.3 is 16.0 Å². The van der Waals surface area contributed by atoms with Gasteiger partial charge in [0.1, 0.15) is 12.0 Å². The third-order valence-electron chi connectivity index (χ3n) is 6.13. The third kappa shape index (κ3) is 3.98. The van der Waals surface area contributed by atoms with Crippen molar-refractivity contribution >= 4 is 40.1 Å². The molecule has 4 aromatic rings. The predicted octanol–water partition coefficient (Wildman–Crippen LogP) is 5.08. The number of carbonyl (C=O) groups is 2. The van der Waals surface area contributed by atoms with E-state index in [1.165, 1.54) is 10.8 Å². The fraction of sp³-hybridized carbons (Fsp3) is 0.208. The summed E-state index contributed by atoms with van der Waals surface area (Å²) in [5.41, 5.74) is 8.11. The quantitative estimate of drug-likeness (QED) is 0.391. The first-order valence-corrected chi connectivity index (χ1v) is 10.9. The van der Waals surface area contributed by atoms with Crippen molar-refractivity contribution in [2.75, 3.05) is 5.32 Å². The lowest BCUT2D eigenvalue weighted by molar-refractivity contribution is -0.120. The molecule has 3 atom stereocenters. The van der Waals surface area contributed by atoms with Gasteiger partial charge in [-0.2, -0.15) is 0 Å². The smallest absolute Gasteiger partial charge is 0.323 e. The van der Waals surface area contributed by atoms with Crippen LogP contribution in [0.4, 0.5) is 14.9 Å². The monoisotopic (exact) mass is 465 g/mol. The standard InChI is InChI=1S/C24H21ClFN5O2/c25-14-5-3-4-13(8-14)19-11-28-22(29-19)17-9-15(26)10-18(17)23(32)30-20-12-31(24(27)33)21-7-2-1-6-16(20)21/h1-8,11-12,15,17-18H,9-10H2,(H2,27,33)(H,28,29)(H,30,32)/t15-,17-,18?/m1/s1. The van der Waals surface area contributed by atoms with Crippen molar-refractivity contribution in [3.8, 4) is 11.3 Å². The van der Waals surface area contributed by atoms with Crippen LogP contribution in [0.15, 0.2) is 60.9 Å². The Kier molecular flexibility index (Phi) is 5.38. The number of primary amides is 1. The Balaban J connectivity index is 1.42. The average molecular weight is 466 g/mol. The molecule has 0 bridgehead atoms. The molecule has 5 rings (SSSR count). The van der Waals surface area contributed by atoms with Gasteiger partial charge in [0.2, 0.25) is 5.91 Å². The van der Waals surface area contributed by atoms with E-state index in [0.717, 1.165) is 11.3 Å². The second kappa shape index (κ2) is 8.37. The molecule has 0 radical (unpaired) electrons. The summed E-state index contributed by atoms with van der Waals surface area (Å²) in [7, 11) is 0. The maximum atomic E-state index is 14.4. The van der Waals surface area contributed by atoms with Crippen molar-refractivity contribution in [1.82, 2.24) is 14.5 Å². The van der Waals surface area contributed by atoms with E-state index in [2.05, 4.69) is 15.3 Å². The number of nitrogens with one attached hydrogen (secondary N) is 2. The Labute approximate surface area is 193 Å². The van der Waals surface area contributed by atoms with Crippen LogP contribution in [0.25, 0.3) is 22.2 Å². The second-order valence-corrected chi connectivity index (χ2v) is 8.67. The summed E-state index contributed by atoms with van der Waals surface area (Å²) >= 11 is 6.08. The van der Waals surface area contributed by atoms with Gasteiger partial charge in [0, 0.05) is 28.1 Å². The average Bonchev–Trinajstić information content (AvgIpc) is 3.51. The Hall–Kier alpha value is -3.65. The van der Waals surface area contributed by atoms with E-state index in [9.17, 15) is 14.0 Å². The molecule has 1 unspecified atom stereocenters. The Morgan fingerprint density at radius 1 is 1.18 bits per heavy atom. The highest BCUT2D eigenvalue weighted by atomic mass is 35.5. The normalized spacial score (nSPS) is 20.2. The molecule has 1 saturated carbocycles. The molecule has 4 N–H and O–H groups in total. The van der Waals surface area contributed by atoms with Crippen LogP contribution in [0.1, 0.15) is 24.6 Å². The number of carbonyl (C=O) groups excluding carboxylic acids is 2. The third-order valence-corrected chi connectivity index (χ3v) is 6.37. The molecule has 7 nitrogen and oxygen atoms in total. The number of nitrogens with zero attached hydrogens (tertiary/aromatic N) is 2. The van der Waals surface area contributed by atoms with E-state index in [1.54, 1.807) is 36.5 Å². The molecule has 1 fully saturated rings. The molecule has 2 heterocycles. The fourth-order valence-corrected chi connectivity index (χ4v) is 4.77. The van der Waals surface area contributed by atoms with Crippen LogP contribution in [0, 0.1) is 5.92 Å². The zero-order valence-electron chi connectivity index (χ0n) is 17.5. The van der Waals surface area contributed by atoms with Crippen molar-refractivity contribution in [3.63, 3.8) is 0 Å². The molecule has 1 aliphatic carbocycles. The maximum Gasteiger partial charge on any atom is 0.323 e. The minimum Gasteiger partial charge on any atom is -0.351 e. The number of imidazole rings is 1. The summed E-state index contributed by atoms with van der Waals surface area (Å²) in [5.74, 6) is -0.787. The molecule has 0 saturated heterocycles. The number of amides is 2. The van der Waals surface area contributed by atoms with Gasteiger partial charge in [-0.3, -0.25) is 9.36 Å². The lowest BCUT2D eigenvalue weighted by Crippen LogP contribution is -2.25. The van der Waals surface area contributed by atoms with Crippen LogP contribution in [-0.2, 0) is 4.79 Å². The lowest BCUT2D eigenvalue weighted by Gasteiger charge is -2.17. The number of hydrogen-bond acceptors (Lipinski definition) is 3. The molecule has 33 heavy (non-hydrogen) atoms. The van der Waals surface area contributed by atoms with Crippen molar-refractivity contribution in [2.24, 2.45) is 11.7 Å². The molecule has 1 aliphatic rings. The Bertz CT molecular complexity index is 1360. The van der Waals surface area contributed by atoms with Gasteiger partial charge in [0.05, 0.1) is 29.0 Å². The number of halogens is 2. The molecule has 9 heteroatoms. The summed E-state index contributed by atoms with van der Waals surface area (Å²) in [6.07, 6.45) is 2.34. The molecule has 0 aliphatic heterocycles. The zero-order chi connectivity index (χ0) is 23.1. The molecule has 2 aromatic heterocycles. The van der Waals surface area contributed by atoms with E-state index in [-0.39, 0.29) is 18.7 Å². The first-order chi connectivity index (χ1) is 15.9. The first kappa shape index (κ1) is 21.2. The number of aromatic nitrogens is 3. The molecular formula is C24H21ClFN5O2. The Morgan fingerprint density at radius 2 is 2.00 bits per heavy atom. The van der Waals surface area contributed by atoms with Crippen molar-refractivity contribution in [2.45, 2.75) is 24.9 Å². The van der Waals surface area contributed by atoms with Gasteiger partial charge in [-0.25, -0.2) is 14.2 Å². The van der Waals surface area contributed by atoms with Crippen LogP contribution in [-0.4, -0.2) is 32.6 Å². The first-order valence-electron chi connectivity index (χ1n) is 10.6. The minimum atomic E-state index is -1.11. The summed E-state index contributed by atoms with van der Waals surface area (Å²) in [5, 5.41) is 4.15. The van der Waals surface area contributed by atoms with Crippen LogP contribution in [0.3, 0.4) is 0 Å². The van der Waals surface area contributed by atoms with Crippen LogP contribution >= 0.6 is 11.6 Å². The number of nitrogens with two attached hydrogens (primary N) is 1. The van der Waals surface area contributed by atoms with Crippen molar-refractivity contribution in [1.29, 1.82) is 0 Å². The number of hydrogen-bond donors (Lipinski definition) is 3. The summed E-state index contributed by atoms with van der Waals surface area (Å²) in [4.78, 5) is 32.7. The van der Waals surface area contributed by atoms with E-state index < -0.39 is 24.0 Å². The molecule has 168 valence electrons. The molecular weight excluding hydrogens is 445 g/mol. The minimum absolute atomic E-state index is 0.0954. The number of H-pyrrole nitrogens is 1. The zero-order valence-corrected chi connectivity index (χ0v) is 18.2. The van der Waals surface area contributed by atoms with E-state index in [0.29, 0.717) is 27.4 Å². The van der Waals surface area contributed by atoms with Gasteiger partial charge in [-0.15, -0.1) is 0 Å². The van der Waals surface area contributed by atoms with Gasteiger partial charge in [-0.1, -0.05) is 41.9 Å². The van der Waals surface area contributed by atoms with Crippen molar-refractivity contribution in [3.05, 3.63) is 71.8 Å². The largest absolute Gasteiger partial charge is 0.351 e. The topological polar surface area (TPSA) is 106 Å². The summed E-state index contributed by atoms with van der Waals surface area (Å²) in [6.45, 7) is 0. The van der Waals surface area contributed by atoms with E-state index >= 15 is 0 Å². The number of alkyl halides is 1. The van der Waals surface area contributed by atoms with Crippen LogP contribution < -0.4 is 11.1 Å². The van der Waals surface area contributed by atoms with Crippen LogP contribution in [0.2, 0.25) is 5.02 Å². The number of fused-ring (bicyclic) bond motifs is 1. The highest BCUT2D eigenvalue weighted by molar-refractivity contribution is 6.30. The molecule has 2 amide bonds. The summed E-state index contributed by atoms with van der Waals surface area (Å²) in [6, 6.07) is 13.8. The second-order valence-electron chi connectivity index (χ2n) is 8.23. The van der Waals surface area contributed by atoms with Gasteiger partial charge in [0.15, 0.2) is 0 Å². The van der Waals surface area contributed by atoms with Gasteiger partial charge in [-0.05, 0) is 31.0 Å². The number of benzene rings is 2. The predicted molar refractivity (Wildman–Crippen MR) is 125 cm³/mol.